The van der Waals surface area contributed by atoms with Crippen LogP contribution in [0.3, 0.4) is 0 Å². The highest BCUT2D eigenvalue weighted by Crippen LogP contribution is 2.38. The molecule has 16 nitrogen and oxygen atoms in total. The summed E-state index contributed by atoms with van der Waals surface area (Å²) in [5, 5.41) is 2.84. The zero-order valence-corrected chi connectivity index (χ0v) is 28.7. The zero-order valence-electron chi connectivity index (χ0n) is 28.7. The molecule has 1 aromatic rings. The van der Waals surface area contributed by atoms with Crippen LogP contribution in [0.5, 0.6) is 0 Å². The molecule has 1 N–H and O–H groups in total. The van der Waals surface area contributed by atoms with E-state index in [4.69, 9.17) is 47.4 Å². The number of fused-ring (bicyclic) bond motifs is 1. The first-order valence-corrected chi connectivity index (χ1v) is 16.3. The third-order valence-corrected chi connectivity index (χ3v) is 7.85. The average Bonchev–Trinajstić information content (AvgIpc) is 3.05. The van der Waals surface area contributed by atoms with Crippen molar-refractivity contribution in [3.05, 3.63) is 48.6 Å². The van der Waals surface area contributed by atoms with Gasteiger partial charge in [-0.1, -0.05) is 36.4 Å². The molecule has 50 heavy (non-hydrogen) atoms. The normalized spacial score (nSPS) is 32.1. The maximum absolute atomic E-state index is 12.6. The maximum atomic E-state index is 12.6. The van der Waals surface area contributed by atoms with Crippen LogP contribution < -0.4 is 5.32 Å². The molecule has 11 atom stereocenters. The van der Waals surface area contributed by atoms with Gasteiger partial charge in [0.2, 0.25) is 5.91 Å². The van der Waals surface area contributed by atoms with Crippen LogP contribution in [0, 0.1) is 0 Å². The van der Waals surface area contributed by atoms with Crippen LogP contribution in [0.15, 0.2) is 43.0 Å². The number of carbonyl (C=O) groups is 5. The molecule has 3 aliphatic heterocycles. The van der Waals surface area contributed by atoms with Gasteiger partial charge < -0.3 is 52.7 Å². The van der Waals surface area contributed by atoms with E-state index in [1.54, 1.807) is 6.08 Å². The van der Waals surface area contributed by atoms with Gasteiger partial charge in [-0.05, 0) is 12.8 Å². The Bertz CT molecular complexity index is 1340. The summed E-state index contributed by atoms with van der Waals surface area (Å²) in [6, 6.07) is 8.10. The Labute approximate surface area is 289 Å². The van der Waals surface area contributed by atoms with Gasteiger partial charge in [-0.25, -0.2) is 0 Å². The summed E-state index contributed by atoms with van der Waals surface area (Å²) in [5.41, 5.74) is 0.705. The molecule has 0 aromatic heterocycles. The molecule has 16 heteroatoms. The highest BCUT2D eigenvalue weighted by Gasteiger charge is 2.57. The van der Waals surface area contributed by atoms with Crippen molar-refractivity contribution in [3.8, 4) is 0 Å². The van der Waals surface area contributed by atoms with Crippen molar-refractivity contribution in [2.75, 3.05) is 19.8 Å². The van der Waals surface area contributed by atoms with Crippen molar-refractivity contribution >= 4 is 29.8 Å². The van der Waals surface area contributed by atoms with Gasteiger partial charge in [0.1, 0.15) is 37.1 Å². The molecule has 11 unspecified atom stereocenters. The monoisotopic (exact) mass is 707 g/mol. The lowest BCUT2D eigenvalue weighted by atomic mass is 9.94. The maximum Gasteiger partial charge on any atom is 0.303 e. The number of carbonyl (C=O) groups excluding carboxylic acids is 5. The minimum Gasteiger partial charge on any atom is -0.463 e. The third kappa shape index (κ3) is 10.5. The summed E-state index contributed by atoms with van der Waals surface area (Å²) >= 11 is 0. The van der Waals surface area contributed by atoms with Crippen LogP contribution in [0.1, 0.15) is 59.3 Å². The summed E-state index contributed by atoms with van der Waals surface area (Å²) in [6.07, 6.45) is -8.99. The highest BCUT2D eigenvalue weighted by atomic mass is 16.8. The summed E-state index contributed by atoms with van der Waals surface area (Å²) in [7, 11) is 0. The molecule has 0 spiro atoms. The lowest BCUT2D eigenvalue weighted by Gasteiger charge is -2.51. The summed E-state index contributed by atoms with van der Waals surface area (Å²) in [5.74, 6) is -3.50. The van der Waals surface area contributed by atoms with Crippen molar-refractivity contribution in [1.29, 1.82) is 0 Å². The Hall–Kier alpha value is -3.93. The van der Waals surface area contributed by atoms with E-state index in [1.807, 2.05) is 30.3 Å². The van der Waals surface area contributed by atoms with Crippen molar-refractivity contribution < 1.29 is 71.3 Å². The molecule has 0 saturated carbocycles. The first kappa shape index (κ1) is 38.9. The number of ether oxygens (including phenoxy) is 10. The van der Waals surface area contributed by atoms with E-state index < -0.39 is 104 Å². The Morgan fingerprint density at radius 1 is 0.820 bits per heavy atom. The van der Waals surface area contributed by atoms with Crippen LogP contribution in [-0.4, -0.2) is 111 Å². The molecule has 276 valence electrons. The first-order valence-electron chi connectivity index (χ1n) is 16.3. The molecule has 3 heterocycles. The van der Waals surface area contributed by atoms with Crippen LogP contribution in [-0.2, 0) is 71.3 Å². The fourth-order valence-corrected chi connectivity index (χ4v) is 5.92. The minimum absolute atomic E-state index is 0.0436. The fraction of sp³-hybridized carbons (Fsp3) is 0.618. The van der Waals surface area contributed by atoms with E-state index in [-0.39, 0.29) is 13.2 Å². The quantitative estimate of drug-likeness (QED) is 0.127. The Kier molecular flexibility index (Phi) is 14.3. The molecule has 0 bridgehead atoms. The third-order valence-electron chi connectivity index (χ3n) is 7.85. The number of amides is 1. The summed E-state index contributed by atoms with van der Waals surface area (Å²) in [6.45, 7) is 9.40. The number of allylic oxidation sites excluding steroid dienone is 1. The van der Waals surface area contributed by atoms with Crippen molar-refractivity contribution in [1.82, 2.24) is 5.32 Å². The number of esters is 4. The number of hydrogen-bond acceptors (Lipinski definition) is 15. The van der Waals surface area contributed by atoms with Gasteiger partial charge in [0.05, 0.1) is 13.2 Å². The Morgan fingerprint density at radius 2 is 1.48 bits per heavy atom. The second-order valence-corrected chi connectivity index (χ2v) is 11.9. The summed E-state index contributed by atoms with van der Waals surface area (Å²) < 4.78 is 59.6. The van der Waals surface area contributed by atoms with E-state index in [1.165, 1.54) is 13.8 Å². The molecular weight excluding hydrogens is 662 g/mol. The molecule has 3 saturated heterocycles. The Morgan fingerprint density at radius 3 is 2.10 bits per heavy atom. The molecule has 0 aliphatic carbocycles. The number of benzene rings is 1. The van der Waals surface area contributed by atoms with Crippen molar-refractivity contribution in [3.63, 3.8) is 0 Å². The average molecular weight is 708 g/mol. The summed E-state index contributed by atoms with van der Waals surface area (Å²) in [4.78, 5) is 61.5. The lowest BCUT2D eigenvalue weighted by Crippen LogP contribution is -2.70. The molecule has 1 aromatic carbocycles. The Balaban J connectivity index is 1.77. The van der Waals surface area contributed by atoms with Crippen molar-refractivity contribution in [2.24, 2.45) is 0 Å². The SMILES string of the molecule is C=CCCCOC1OC2COC(c3ccccc3)OC2C(OC2OC(COC(C)=O)C(OC(C)=O)C(OC(C)=O)C2OC(C)=O)C1NC(C)=O. The van der Waals surface area contributed by atoms with Gasteiger partial charge in [0, 0.05) is 40.2 Å². The number of unbranched alkanes of at least 4 members (excludes halogenated alkanes) is 1. The van der Waals surface area contributed by atoms with Crippen LogP contribution >= 0.6 is 0 Å². The second kappa shape index (κ2) is 18.3. The second-order valence-electron chi connectivity index (χ2n) is 11.9. The number of nitrogens with one attached hydrogen (secondary N) is 1. The van der Waals surface area contributed by atoms with Crippen LogP contribution in [0.2, 0.25) is 0 Å². The largest absolute Gasteiger partial charge is 0.463 e. The van der Waals surface area contributed by atoms with Gasteiger partial charge >= 0.3 is 23.9 Å². The van der Waals surface area contributed by atoms with E-state index >= 15 is 0 Å². The van der Waals surface area contributed by atoms with Gasteiger partial charge in [-0.15, -0.1) is 6.58 Å². The van der Waals surface area contributed by atoms with E-state index in [9.17, 15) is 24.0 Å². The molecule has 4 rings (SSSR count). The zero-order chi connectivity index (χ0) is 36.4. The minimum atomic E-state index is -1.57. The molecule has 1 amide bonds. The van der Waals surface area contributed by atoms with Gasteiger partial charge in [0.15, 0.2) is 37.2 Å². The van der Waals surface area contributed by atoms with Crippen LogP contribution in [0.4, 0.5) is 0 Å². The van der Waals surface area contributed by atoms with Gasteiger partial charge in [-0.3, -0.25) is 24.0 Å². The molecular formula is C34H45NO15. The van der Waals surface area contributed by atoms with E-state index in [0.717, 1.165) is 20.8 Å². The van der Waals surface area contributed by atoms with E-state index in [2.05, 4.69) is 11.9 Å². The first-order chi connectivity index (χ1) is 23.9. The van der Waals surface area contributed by atoms with Gasteiger partial charge in [-0.2, -0.15) is 0 Å². The molecule has 3 fully saturated rings. The standard InChI is InChI=1S/C34H45NO15/c1-7-8-12-15-41-33-26(35-18(2)36)29(27-25(47-33)17-43-32(49-27)23-13-10-9-11-14-23)50-34-31(46-22(6)40)30(45-21(5)39)28(44-20(4)38)24(48-34)16-42-19(3)37/h7,9-11,13-14,24-34H,1,8,12,15-17H2,2-6H3,(H,35,36). The number of hydrogen-bond donors (Lipinski definition) is 1. The fourth-order valence-electron chi connectivity index (χ4n) is 5.92. The topological polar surface area (TPSA) is 190 Å². The predicted octanol–water partition coefficient (Wildman–Crippen LogP) is 1.78. The lowest BCUT2D eigenvalue weighted by molar-refractivity contribution is -0.378. The highest BCUT2D eigenvalue weighted by molar-refractivity contribution is 5.73. The molecule has 0 radical (unpaired) electrons. The smallest absolute Gasteiger partial charge is 0.303 e. The number of rotatable bonds is 14. The van der Waals surface area contributed by atoms with Crippen LogP contribution in [0.25, 0.3) is 0 Å². The van der Waals surface area contributed by atoms with Crippen molar-refractivity contribution in [2.45, 2.75) is 115 Å². The molecule has 3 aliphatic rings. The predicted molar refractivity (Wildman–Crippen MR) is 168 cm³/mol. The van der Waals surface area contributed by atoms with Gasteiger partial charge in [0.25, 0.3) is 0 Å². The van der Waals surface area contributed by atoms with E-state index in [0.29, 0.717) is 18.4 Å².